The van der Waals surface area contributed by atoms with E-state index in [1.165, 1.54) is 30.3 Å². The number of carbonyl (C=O) groups is 1. The third-order valence-electron chi connectivity index (χ3n) is 7.54. The highest BCUT2D eigenvalue weighted by atomic mass is 35.5. The summed E-state index contributed by atoms with van der Waals surface area (Å²) in [4.78, 5) is 22.7. The van der Waals surface area contributed by atoms with Gasteiger partial charge >= 0.3 is 5.97 Å². The minimum absolute atomic E-state index is 0. The van der Waals surface area contributed by atoms with Crippen molar-refractivity contribution in [3.63, 3.8) is 0 Å². The summed E-state index contributed by atoms with van der Waals surface area (Å²) in [5, 5.41) is 9.69. The lowest BCUT2D eigenvalue weighted by atomic mass is 10.0. The van der Waals surface area contributed by atoms with Crippen molar-refractivity contribution in [2.75, 3.05) is 19.7 Å². The van der Waals surface area contributed by atoms with E-state index in [9.17, 15) is 23.1 Å². The Balaban J connectivity index is 0.00000353. The van der Waals surface area contributed by atoms with Crippen LogP contribution in [0.5, 0.6) is 5.75 Å². The summed E-state index contributed by atoms with van der Waals surface area (Å²) in [6.45, 7) is 2.52. The zero-order chi connectivity index (χ0) is 28.7. The summed E-state index contributed by atoms with van der Waals surface area (Å²) >= 11 is 5.79. The standard InChI is InChI=1S/C29H26ClF3N4O4.H2S/c30-18-1-4-25(22(32)11-18)41-15-19-2-3-21(31)27(34-19)16-5-7-36(12-16)14-26-35-28-23(33)9-17(29(38)39)10-24(28)37(26)13-20-6-8-40-20;/h1-4,9-11,16,20H,5-8,12-15H2,(H,38,39);1H2/t16?,20-;/m0./s1. The van der Waals surface area contributed by atoms with E-state index in [1.807, 2.05) is 4.57 Å². The predicted molar refractivity (Wildman–Crippen MR) is 154 cm³/mol. The van der Waals surface area contributed by atoms with Crippen LogP contribution in [0.3, 0.4) is 0 Å². The Morgan fingerprint density at radius 3 is 2.60 bits per heavy atom. The van der Waals surface area contributed by atoms with Crippen molar-refractivity contribution in [1.29, 1.82) is 0 Å². The number of aromatic carboxylic acids is 1. The van der Waals surface area contributed by atoms with E-state index in [1.54, 1.807) is 0 Å². The Morgan fingerprint density at radius 2 is 1.88 bits per heavy atom. The number of pyridine rings is 1. The fourth-order valence-corrected chi connectivity index (χ4v) is 5.48. The number of hydrogen-bond acceptors (Lipinski definition) is 6. The summed E-state index contributed by atoms with van der Waals surface area (Å²) in [5.74, 6) is -2.55. The number of likely N-dealkylation sites (tertiary alicyclic amines) is 1. The van der Waals surface area contributed by atoms with Gasteiger partial charge in [-0.05, 0) is 61.9 Å². The lowest BCUT2D eigenvalue weighted by Crippen LogP contribution is -2.32. The fraction of sp³-hybridized carbons (Fsp3) is 0.345. The van der Waals surface area contributed by atoms with Crippen LogP contribution in [-0.2, 0) is 24.4 Å². The molecule has 2 atom stereocenters. The van der Waals surface area contributed by atoms with Gasteiger partial charge in [0.05, 0.1) is 41.7 Å². The topological polar surface area (TPSA) is 89.7 Å². The van der Waals surface area contributed by atoms with Crippen LogP contribution in [0.4, 0.5) is 13.2 Å². The van der Waals surface area contributed by atoms with E-state index >= 15 is 0 Å². The van der Waals surface area contributed by atoms with E-state index in [0.29, 0.717) is 61.9 Å². The molecule has 222 valence electrons. The van der Waals surface area contributed by atoms with E-state index in [-0.39, 0.29) is 54.0 Å². The summed E-state index contributed by atoms with van der Waals surface area (Å²) in [6, 6.07) is 9.35. The zero-order valence-corrected chi connectivity index (χ0v) is 24.1. The van der Waals surface area contributed by atoms with Crippen LogP contribution < -0.4 is 4.74 Å². The fourth-order valence-electron chi connectivity index (χ4n) is 5.32. The molecule has 0 bridgehead atoms. The van der Waals surface area contributed by atoms with Crippen LogP contribution in [0.25, 0.3) is 11.0 Å². The molecule has 42 heavy (non-hydrogen) atoms. The van der Waals surface area contributed by atoms with Crippen molar-refractivity contribution in [3.8, 4) is 5.75 Å². The number of nitrogens with zero attached hydrogens (tertiary/aromatic N) is 4. The lowest BCUT2D eigenvalue weighted by molar-refractivity contribution is -0.0591. The van der Waals surface area contributed by atoms with Gasteiger partial charge in [-0.15, -0.1) is 0 Å². The number of carboxylic acid groups (broad SMARTS) is 1. The zero-order valence-electron chi connectivity index (χ0n) is 22.3. The van der Waals surface area contributed by atoms with Gasteiger partial charge < -0.3 is 19.1 Å². The van der Waals surface area contributed by atoms with Crippen LogP contribution in [0.2, 0.25) is 5.02 Å². The molecule has 0 spiro atoms. The minimum atomic E-state index is -1.22. The van der Waals surface area contributed by atoms with Crippen LogP contribution >= 0.6 is 25.1 Å². The maximum atomic E-state index is 14.9. The molecule has 2 saturated heterocycles. The molecule has 6 rings (SSSR count). The Hall–Kier alpha value is -3.32. The van der Waals surface area contributed by atoms with Gasteiger partial charge in [-0.25, -0.2) is 22.9 Å². The first-order valence-corrected chi connectivity index (χ1v) is 13.6. The van der Waals surface area contributed by atoms with Gasteiger partial charge in [0.1, 0.15) is 23.8 Å². The second-order valence-corrected chi connectivity index (χ2v) is 10.7. The normalized spacial score (nSPS) is 18.6. The molecule has 2 aromatic heterocycles. The van der Waals surface area contributed by atoms with Crippen LogP contribution in [0, 0.1) is 17.5 Å². The highest BCUT2D eigenvalue weighted by Crippen LogP contribution is 2.31. The number of benzene rings is 2. The minimum Gasteiger partial charge on any atom is -0.484 e. The van der Waals surface area contributed by atoms with E-state index < -0.39 is 23.4 Å². The molecule has 1 N–H and O–H groups in total. The van der Waals surface area contributed by atoms with Crippen molar-refractivity contribution in [3.05, 3.63) is 87.7 Å². The number of hydrogen-bond donors (Lipinski definition) is 1. The molecule has 2 aliphatic rings. The third-order valence-corrected chi connectivity index (χ3v) is 7.77. The number of imidazole rings is 1. The number of ether oxygens (including phenoxy) is 2. The van der Waals surface area contributed by atoms with Crippen LogP contribution in [-0.4, -0.2) is 56.3 Å². The molecule has 0 radical (unpaired) electrons. The van der Waals surface area contributed by atoms with Crippen molar-refractivity contribution >= 4 is 42.1 Å². The first kappa shape index (κ1) is 30.1. The average Bonchev–Trinajstić information content (AvgIpc) is 3.51. The van der Waals surface area contributed by atoms with Crippen molar-refractivity contribution in [1.82, 2.24) is 19.4 Å². The molecular weight excluding hydrogens is 593 g/mol. The number of aromatic nitrogens is 3. The molecule has 13 heteroatoms. The number of halogens is 4. The van der Waals surface area contributed by atoms with E-state index in [0.717, 1.165) is 18.6 Å². The highest BCUT2D eigenvalue weighted by molar-refractivity contribution is 7.59. The smallest absolute Gasteiger partial charge is 0.335 e. The first-order chi connectivity index (χ1) is 19.7. The monoisotopic (exact) mass is 620 g/mol. The van der Waals surface area contributed by atoms with Crippen LogP contribution in [0.15, 0.2) is 42.5 Å². The number of rotatable bonds is 9. The molecule has 2 aromatic carbocycles. The van der Waals surface area contributed by atoms with Gasteiger partial charge in [0.2, 0.25) is 0 Å². The summed E-state index contributed by atoms with van der Waals surface area (Å²) in [5.41, 5.74) is 1.13. The molecule has 4 heterocycles. The molecule has 0 saturated carbocycles. The average molecular weight is 621 g/mol. The Morgan fingerprint density at radius 1 is 1.07 bits per heavy atom. The molecule has 4 aromatic rings. The van der Waals surface area contributed by atoms with Gasteiger partial charge in [0.15, 0.2) is 17.4 Å². The molecular formula is C29H28ClF3N4O4S. The lowest BCUT2D eigenvalue weighted by Gasteiger charge is -2.28. The molecule has 1 unspecified atom stereocenters. The highest BCUT2D eigenvalue weighted by Gasteiger charge is 2.30. The number of fused-ring (bicyclic) bond motifs is 1. The summed E-state index contributed by atoms with van der Waals surface area (Å²) < 4.78 is 56.8. The molecule has 0 aliphatic carbocycles. The van der Waals surface area contributed by atoms with Gasteiger partial charge in [-0.2, -0.15) is 13.5 Å². The van der Waals surface area contributed by atoms with Gasteiger partial charge in [0.25, 0.3) is 0 Å². The predicted octanol–water partition coefficient (Wildman–Crippen LogP) is 5.67. The molecule has 8 nitrogen and oxygen atoms in total. The largest absolute Gasteiger partial charge is 0.484 e. The Labute approximate surface area is 251 Å². The summed E-state index contributed by atoms with van der Waals surface area (Å²) in [7, 11) is 0. The third kappa shape index (κ3) is 6.22. The maximum Gasteiger partial charge on any atom is 0.335 e. The van der Waals surface area contributed by atoms with Gasteiger partial charge in [0, 0.05) is 24.1 Å². The first-order valence-electron chi connectivity index (χ1n) is 13.2. The van der Waals surface area contributed by atoms with E-state index in [4.69, 9.17) is 21.1 Å². The number of carboxylic acids is 1. The molecule has 2 fully saturated rings. The summed E-state index contributed by atoms with van der Waals surface area (Å²) in [6.07, 6.45) is 1.43. The second kappa shape index (κ2) is 12.5. The second-order valence-electron chi connectivity index (χ2n) is 10.3. The Kier molecular flexibility index (Phi) is 8.97. The molecule has 0 amide bonds. The maximum absolute atomic E-state index is 14.9. The van der Waals surface area contributed by atoms with Crippen LogP contribution in [0.1, 0.15) is 46.3 Å². The Bertz CT molecular complexity index is 1630. The van der Waals surface area contributed by atoms with Crippen molar-refractivity contribution in [2.45, 2.75) is 44.6 Å². The van der Waals surface area contributed by atoms with Gasteiger partial charge in [-0.3, -0.25) is 9.88 Å². The van der Waals surface area contributed by atoms with Crippen molar-refractivity contribution in [2.24, 2.45) is 0 Å². The van der Waals surface area contributed by atoms with Gasteiger partial charge in [-0.1, -0.05) is 11.6 Å². The van der Waals surface area contributed by atoms with E-state index in [2.05, 4.69) is 14.9 Å². The molecule has 2 aliphatic heterocycles. The SMILES string of the molecule is O=C(O)c1cc(F)c2nc(CN3CCC(c4nc(COc5ccc(Cl)cc5F)ccc4F)C3)n(C[C@@H]3CCO3)c2c1.S. The quantitative estimate of drug-likeness (QED) is 0.258. The van der Waals surface area contributed by atoms with Crippen molar-refractivity contribution < 1.29 is 32.5 Å².